The number of pyridine rings is 1. The summed E-state index contributed by atoms with van der Waals surface area (Å²) in [4.78, 5) is 25.6. The Balaban J connectivity index is 1.47. The summed E-state index contributed by atoms with van der Waals surface area (Å²) in [6.07, 6.45) is 10.6. The molecule has 3 aromatic heterocycles. The summed E-state index contributed by atoms with van der Waals surface area (Å²) < 4.78 is 16.0. The van der Waals surface area contributed by atoms with Crippen molar-refractivity contribution in [3.63, 3.8) is 0 Å². The fraction of sp³-hybridized carbons (Fsp3) is 0.419. The van der Waals surface area contributed by atoms with Gasteiger partial charge in [-0.25, -0.2) is 4.98 Å². The van der Waals surface area contributed by atoms with E-state index in [1.165, 1.54) is 0 Å². The molecule has 1 atom stereocenters. The standard InChI is InChI=1S/C31H36N6O3/c1-5-28-33-11-12-35(28)18-21-15-24(26-19-36(6-2)34-20(26)3)30-25(16-21)31(38)37(13-14-40-30)29(22-7-8-22)27-17-23(39-4)9-10-32-27/h9-12,15-17,19,22,29H,5-8,13-14,18H2,1-4H3/t29-/m0/s1. The van der Waals surface area contributed by atoms with Crippen molar-refractivity contribution in [1.82, 2.24) is 29.2 Å². The van der Waals surface area contributed by atoms with Crippen molar-refractivity contribution in [2.45, 2.75) is 59.2 Å². The fourth-order valence-electron chi connectivity index (χ4n) is 5.79. The number of hydrogen-bond acceptors (Lipinski definition) is 6. The van der Waals surface area contributed by atoms with E-state index in [0.717, 1.165) is 65.5 Å². The Hall–Kier alpha value is -4.14. The highest BCUT2D eigenvalue weighted by molar-refractivity contribution is 6.00. The zero-order valence-corrected chi connectivity index (χ0v) is 23.6. The molecule has 0 spiro atoms. The maximum atomic E-state index is 14.5. The maximum Gasteiger partial charge on any atom is 0.258 e. The Kier molecular flexibility index (Phi) is 7.04. The number of nitrogens with zero attached hydrogens (tertiary/aromatic N) is 6. The molecule has 9 nitrogen and oxygen atoms in total. The monoisotopic (exact) mass is 540 g/mol. The van der Waals surface area contributed by atoms with Crippen LogP contribution in [0, 0.1) is 12.8 Å². The molecular formula is C31H36N6O3. The van der Waals surface area contributed by atoms with E-state index in [2.05, 4.69) is 34.4 Å². The molecule has 40 heavy (non-hydrogen) atoms. The van der Waals surface area contributed by atoms with Crippen LogP contribution in [0.2, 0.25) is 0 Å². The van der Waals surface area contributed by atoms with Crippen molar-refractivity contribution >= 4 is 5.91 Å². The SMILES string of the molecule is CCc1nccn1Cc1cc2c(c(-c3cn(CC)nc3C)c1)OCCN([C@H](c1cc(OC)ccn1)C1CC1)C2=O. The lowest BCUT2D eigenvalue weighted by Gasteiger charge is -2.30. The van der Waals surface area contributed by atoms with Crippen molar-refractivity contribution < 1.29 is 14.3 Å². The second-order valence-corrected chi connectivity index (χ2v) is 10.6. The zero-order valence-electron chi connectivity index (χ0n) is 23.6. The van der Waals surface area contributed by atoms with Crippen LogP contribution in [-0.2, 0) is 19.5 Å². The molecule has 6 rings (SSSR count). The first kappa shape index (κ1) is 26.1. The number of carbonyl (C=O) groups excluding carboxylic acids is 1. The van der Waals surface area contributed by atoms with Crippen LogP contribution in [0.4, 0.5) is 0 Å². The minimum atomic E-state index is -0.130. The third kappa shape index (κ3) is 4.85. The van der Waals surface area contributed by atoms with Gasteiger partial charge in [-0.05, 0) is 56.4 Å². The Morgan fingerprint density at radius 2 is 1.93 bits per heavy atom. The smallest absolute Gasteiger partial charge is 0.258 e. The molecular weight excluding hydrogens is 504 g/mol. The molecule has 4 heterocycles. The van der Waals surface area contributed by atoms with Crippen LogP contribution in [-0.4, -0.2) is 55.4 Å². The third-order valence-electron chi connectivity index (χ3n) is 7.95. The molecule has 1 fully saturated rings. The quantitative estimate of drug-likeness (QED) is 0.294. The predicted molar refractivity (Wildman–Crippen MR) is 152 cm³/mol. The maximum absolute atomic E-state index is 14.5. The molecule has 1 saturated carbocycles. The highest BCUT2D eigenvalue weighted by Gasteiger charge is 2.41. The molecule has 0 radical (unpaired) electrons. The van der Waals surface area contributed by atoms with Gasteiger partial charge in [-0.15, -0.1) is 0 Å². The highest BCUT2D eigenvalue weighted by atomic mass is 16.5. The normalized spacial score (nSPS) is 15.9. The van der Waals surface area contributed by atoms with Gasteiger partial charge in [0.05, 0.1) is 36.6 Å². The summed E-state index contributed by atoms with van der Waals surface area (Å²) in [5.74, 6) is 2.72. The average molecular weight is 541 g/mol. The van der Waals surface area contributed by atoms with Crippen LogP contribution in [0.1, 0.15) is 65.9 Å². The molecule has 1 aliphatic carbocycles. The number of aromatic nitrogens is 5. The Labute approximate surface area is 234 Å². The largest absolute Gasteiger partial charge is 0.497 e. The van der Waals surface area contributed by atoms with Crippen molar-refractivity contribution in [3.05, 3.63) is 77.4 Å². The number of carbonyl (C=O) groups is 1. The number of amides is 1. The Morgan fingerprint density at radius 3 is 2.65 bits per heavy atom. The van der Waals surface area contributed by atoms with E-state index in [1.54, 1.807) is 13.3 Å². The van der Waals surface area contributed by atoms with Gasteiger partial charge in [-0.1, -0.05) is 6.92 Å². The summed E-state index contributed by atoms with van der Waals surface area (Å²) in [7, 11) is 1.66. The van der Waals surface area contributed by atoms with Crippen molar-refractivity contribution in [3.8, 4) is 22.6 Å². The first-order valence-electron chi connectivity index (χ1n) is 14.2. The average Bonchev–Trinajstić information content (AvgIpc) is 3.62. The van der Waals surface area contributed by atoms with Crippen LogP contribution >= 0.6 is 0 Å². The van der Waals surface area contributed by atoms with Gasteiger partial charge in [0.25, 0.3) is 5.91 Å². The molecule has 208 valence electrons. The number of ether oxygens (including phenoxy) is 2. The first-order valence-corrected chi connectivity index (χ1v) is 14.2. The van der Waals surface area contributed by atoms with E-state index in [4.69, 9.17) is 14.6 Å². The van der Waals surface area contributed by atoms with Crippen LogP contribution in [0.25, 0.3) is 11.1 Å². The summed E-state index contributed by atoms with van der Waals surface area (Å²) in [6.45, 7) is 8.44. The number of fused-ring (bicyclic) bond motifs is 1. The summed E-state index contributed by atoms with van der Waals surface area (Å²) in [5, 5.41) is 4.69. The minimum Gasteiger partial charge on any atom is -0.497 e. The third-order valence-corrected chi connectivity index (χ3v) is 7.95. The topological polar surface area (TPSA) is 87.3 Å². The lowest BCUT2D eigenvalue weighted by molar-refractivity contribution is 0.0642. The molecule has 0 saturated heterocycles. The molecule has 0 bridgehead atoms. The van der Waals surface area contributed by atoms with Gasteiger partial charge in [0.1, 0.15) is 23.9 Å². The van der Waals surface area contributed by atoms with Crippen molar-refractivity contribution in [1.29, 1.82) is 0 Å². The molecule has 4 aromatic rings. The molecule has 1 aromatic carbocycles. The Morgan fingerprint density at radius 1 is 1.10 bits per heavy atom. The molecule has 1 amide bonds. The summed E-state index contributed by atoms with van der Waals surface area (Å²) in [6, 6.07) is 7.82. The van der Waals surface area contributed by atoms with E-state index in [-0.39, 0.29) is 11.9 Å². The number of aryl methyl sites for hydroxylation is 3. The zero-order chi connectivity index (χ0) is 27.8. The molecule has 1 aliphatic heterocycles. The van der Waals surface area contributed by atoms with Gasteiger partial charge >= 0.3 is 0 Å². The van der Waals surface area contributed by atoms with Gasteiger partial charge in [0.2, 0.25) is 0 Å². The number of imidazole rings is 1. The van der Waals surface area contributed by atoms with Crippen LogP contribution in [0.3, 0.4) is 0 Å². The highest BCUT2D eigenvalue weighted by Crippen LogP contribution is 2.47. The minimum absolute atomic E-state index is 0.0287. The van der Waals surface area contributed by atoms with Crippen LogP contribution in [0.5, 0.6) is 11.5 Å². The van der Waals surface area contributed by atoms with Gasteiger partial charge < -0.3 is 18.9 Å². The fourth-order valence-corrected chi connectivity index (χ4v) is 5.79. The second kappa shape index (κ2) is 10.8. The molecule has 0 N–H and O–H groups in total. The molecule has 2 aliphatic rings. The lowest BCUT2D eigenvalue weighted by Crippen LogP contribution is -2.37. The summed E-state index contributed by atoms with van der Waals surface area (Å²) in [5.41, 5.74) is 5.26. The van der Waals surface area contributed by atoms with Gasteiger partial charge in [0.15, 0.2) is 0 Å². The van der Waals surface area contributed by atoms with E-state index in [1.807, 2.05) is 53.3 Å². The Bertz CT molecular complexity index is 1540. The van der Waals surface area contributed by atoms with Gasteiger partial charge in [-0.2, -0.15) is 5.10 Å². The number of benzene rings is 1. The summed E-state index contributed by atoms with van der Waals surface area (Å²) >= 11 is 0. The van der Waals surface area contributed by atoms with Gasteiger partial charge in [-0.3, -0.25) is 14.5 Å². The lowest BCUT2D eigenvalue weighted by atomic mass is 9.96. The first-order chi connectivity index (χ1) is 19.5. The number of hydrogen-bond donors (Lipinski definition) is 0. The van der Waals surface area contributed by atoms with Crippen LogP contribution < -0.4 is 9.47 Å². The number of methoxy groups -OCH3 is 1. The van der Waals surface area contributed by atoms with E-state index in [9.17, 15) is 4.79 Å². The second-order valence-electron chi connectivity index (χ2n) is 10.6. The van der Waals surface area contributed by atoms with Crippen LogP contribution in [0.15, 0.2) is 49.1 Å². The van der Waals surface area contributed by atoms with E-state index in [0.29, 0.717) is 36.9 Å². The van der Waals surface area contributed by atoms with E-state index < -0.39 is 0 Å². The van der Waals surface area contributed by atoms with Gasteiger partial charge in [0, 0.05) is 61.5 Å². The number of rotatable bonds is 9. The molecule has 9 heteroatoms. The van der Waals surface area contributed by atoms with Crippen molar-refractivity contribution in [2.24, 2.45) is 5.92 Å². The van der Waals surface area contributed by atoms with Crippen molar-refractivity contribution in [2.75, 3.05) is 20.3 Å². The van der Waals surface area contributed by atoms with E-state index >= 15 is 0 Å². The molecule has 0 unspecified atom stereocenters. The predicted octanol–water partition coefficient (Wildman–Crippen LogP) is 5.08.